The fraction of sp³-hybridized carbons (Fsp3) is 0.353. The average Bonchev–Trinajstić information content (AvgIpc) is 3.28. The number of hydrogen-bond donors (Lipinski definition) is 2. The van der Waals surface area contributed by atoms with Crippen molar-refractivity contribution in [2.45, 2.75) is 23.8 Å². The van der Waals surface area contributed by atoms with Gasteiger partial charge in [-0.25, -0.2) is 17.9 Å². The molecule has 1 aliphatic rings. The van der Waals surface area contributed by atoms with Crippen molar-refractivity contribution in [1.82, 2.24) is 9.62 Å². The summed E-state index contributed by atoms with van der Waals surface area (Å²) in [7, 11) is -3.74. The van der Waals surface area contributed by atoms with Crippen molar-refractivity contribution in [3.63, 3.8) is 0 Å². The first-order chi connectivity index (χ1) is 12.0. The van der Waals surface area contributed by atoms with E-state index in [9.17, 15) is 13.2 Å². The molecule has 0 saturated carbocycles. The molecule has 0 amide bonds. The largest absolute Gasteiger partial charge is 0.477 e. The monoisotopic (exact) mass is 380 g/mol. The predicted octanol–water partition coefficient (Wildman–Crippen LogP) is 2.56. The molecule has 0 bridgehead atoms. The first kappa shape index (κ1) is 18.1. The summed E-state index contributed by atoms with van der Waals surface area (Å²) in [6.45, 7) is 2.15. The maximum absolute atomic E-state index is 12.5. The molecule has 0 unspecified atom stereocenters. The molecule has 2 heterocycles. The highest BCUT2D eigenvalue weighted by Crippen LogP contribution is 2.25. The van der Waals surface area contributed by atoms with Crippen LogP contribution in [-0.4, -0.2) is 44.0 Å². The maximum atomic E-state index is 12.5. The summed E-state index contributed by atoms with van der Waals surface area (Å²) >= 11 is 0.911. The highest BCUT2D eigenvalue weighted by atomic mass is 32.2. The van der Waals surface area contributed by atoms with E-state index in [1.54, 1.807) is 0 Å². The van der Waals surface area contributed by atoms with Crippen molar-refractivity contribution in [2.75, 3.05) is 19.6 Å². The molecule has 0 radical (unpaired) electrons. The Morgan fingerprint density at radius 2 is 1.92 bits per heavy atom. The Kier molecular flexibility index (Phi) is 5.53. The Balaban J connectivity index is 1.76. The van der Waals surface area contributed by atoms with Crippen LogP contribution < -0.4 is 4.72 Å². The predicted molar refractivity (Wildman–Crippen MR) is 96.5 cm³/mol. The molecule has 0 aliphatic carbocycles. The number of nitrogens with zero attached hydrogens (tertiary/aromatic N) is 1. The first-order valence-electron chi connectivity index (χ1n) is 8.08. The molecule has 3 rings (SSSR count). The van der Waals surface area contributed by atoms with Crippen molar-refractivity contribution in [3.05, 3.63) is 52.2 Å². The van der Waals surface area contributed by atoms with Gasteiger partial charge >= 0.3 is 5.97 Å². The zero-order valence-corrected chi connectivity index (χ0v) is 15.2. The van der Waals surface area contributed by atoms with Gasteiger partial charge in [0.05, 0.1) is 4.90 Å². The summed E-state index contributed by atoms with van der Waals surface area (Å²) in [6, 6.07) is 11.0. The number of sulfonamides is 1. The smallest absolute Gasteiger partial charge is 0.345 e. The fourth-order valence-corrected chi connectivity index (χ4v) is 5.18. The quantitative estimate of drug-likeness (QED) is 0.771. The molecular formula is C17H20N2O4S2. The minimum atomic E-state index is -3.74. The Morgan fingerprint density at radius 1 is 1.24 bits per heavy atom. The Hall–Kier alpha value is -1.74. The molecule has 1 aliphatic heterocycles. The van der Waals surface area contributed by atoms with Gasteiger partial charge < -0.3 is 5.11 Å². The summed E-state index contributed by atoms with van der Waals surface area (Å²) in [4.78, 5) is 13.3. The third kappa shape index (κ3) is 4.27. The number of nitrogens with one attached hydrogen (secondary N) is 1. The summed E-state index contributed by atoms with van der Waals surface area (Å²) in [5, 5.41) is 10.3. The van der Waals surface area contributed by atoms with Crippen LogP contribution in [0.1, 0.15) is 34.1 Å². The van der Waals surface area contributed by atoms with Crippen LogP contribution in [0.15, 0.2) is 46.7 Å². The van der Waals surface area contributed by atoms with Gasteiger partial charge in [-0.1, -0.05) is 30.3 Å². The zero-order chi connectivity index (χ0) is 17.9. The van der Waals surface area contributed by atoms with E-state index in [2.05, 4.69) is 9.62 Å². The van der Waals surface area contributed by atoms with E-state index in [-0.39, 0.29) is 22.4 Å². The van der Waals surface area contributed by atoms with Gasteiger partial charge in [-0.05, 0) is 37.6 Å². The second-order valence-corrected chi connectivity index (χ2v) is 8.65. The average molecular weight is 380 g/mol. The molecule has 1 saturated heterocycles. The summed E-state index contributed by atoms with van der Waals surface area (Å²) in [6.07, 6.45) is 2.23. The van der Waals surface area contributed by atoms with Gasteiger partial charge in [-0.2, -0.15) is 0 Å². The van der Waals surface area contributed by atoms with E-state index in [1.807, 2.05) is 30.3 Å². The number of carbonyl (C=O) groups is 1. The Bertz CT molecular complexity index is 827. The molecule has 2 N–H and O–H groups in total. The van der Waals surface area contributed by atoms with E-state index in [4.69, 9.17) is 5.11 Å². The van der Waals surface area contributed by atoms with Gasteiger partial charge in [0, 0.05) is 18.0 Å². The molecule has 134 valence electrons. The SMILES string of the molecule is O=C(O)c1cc(S(=O)(=O)NC[C@H](c2ccccc2)N2CCCC2)cs1. The number of hydrogen-bond acceptors (Lipinski definition) is 5. The van der Waals surface area contributed by atoms with Crippen LogP contribution in [-0.2, 0) is 10.0 Å². The Labute approximate surface area is 151 Å². The van der Waals surface area contributed by atoms with Crippen molar-refractivity contribution in [3.8, 4) is 0 Å². The molecule has 1 atom stereocenters. The summed E-state index contributed by atoms with van der Waals surface area (Å²) in [5.41, 5.74) is 1.07. The highest BCUT2D eigenvalue weighted by Gasteiger charge is 2.26. The van der Waals surface area contributed by atoms with Crippen molar-refractivity contribution in [2.24, 2.45) is 0 Å². The molecule has 0 spiro atoms. The maximum Gasteiger partial charge on any atom is 0.345 e. The van der Waals surface area contributed by atoms with Crippen LogP contribution in [0.2, 0.25) is 0 Å². The normalized spacial score (nSPS) is 16.8. The molecule has 1 fully saturated rings. The van der Waals surface area contributed by atoms with E-state index >= 15 is 0 Å². The van der Waals surface area contributed by atoms with Crippen LogP contribution in [0.5, 0.6) is 0 Å². The lowest BCUT2D eigenvalue weighted by Gasteiger charge is -2.28. The van der Waals surface area contributed by atoms with Gasteiger partial charge in [0.1, 0.15) is 4.88 Å². The third-order valence-electron chi connectivity index (χ3n) is 4.33. The van der Waals surface area contributed by atoms with E-state index in [0.29, 0.717) is 0 Å². The molecule has 6 nitrogen and oxygen atoms in total. The second-order valence-electron chi connectivity index (χ2n) is 5.97. The number of likely N-dealkylation sites (tertiary alicyclic amines) is 1. The zero-order valence-electron chi connectivity index (χ0n) is 13.6. The van der Waals surface area contributed by atoms with Gasteiger partial charge in [-0.15, -0.1) is 11.3 Å². The lowest BCUT2D eigenvalue weighted by Crippen LogP contribution is -2.36. The van der Waals surface area contributed by atoms with Gasteiger partial charge in [0.25, 0.3) is 0 Å². The molecule has 1 aromatic heterocycles. The number of rotatable bonds is 7. The lowest BCUT2D eigenvalue weighted by atomic mass is 10.1. The van der Waals surface area contributed by atoms with E-state index < -0.39 is 16.0 Å². The molecule has 1 aromatic carbocycles. The van der Waals surface area contributed by atoms with E-state index in [0.717, 1.165) is 42.8 Å². The highest BCUT2D eigenvalue weighted by molar-refractivity contribution is 7.89. The minimum Gasteiger partial charge on any atom is -0.477 e. The number of benzene rings is 1. The summed E-state index contributed by atoms with van der Waals surface area (Å²) < 4.78 is 27.7. The van der Waals surface area contributed by atoms with Crippen molar-refractivity contribution < 1.29 is 18.3 Å². The van der Waals surface area contributed by atoms with Crippen molar-refractivity contribution >= 4 is 27.3 Å². The molecule has 2 aromatic rings. The molecule has 8 heteroatoms. The minimum absolute atomic E-state index is 0.00290. The van der Waals surface area contributed by atoms with Crippen LogP contribution in [0.25, 0.3) is 0 Å². The van der Waals surface area contributed by atoms with Crippen LogP contribution in [0.4, 0.5) is 0 Å². The topological polar surface area (TPSA) is 86.7 Å². The van der Waals surface area contributed by atoms with Gasteiger partial charge in [-0.3, -0.25) is 4.90 Å². The van der Waals surface area contributed by atoms with Crippen LogP contribution >= 0.6 is 11.3 Å². The van der Waals surface area contributed by atoms with Gasteiger partial charge in [0.2, 0.25) is 10.0 Å². The second kappa shape index (κ2) is 7.65. The number of carboxylic acids is 1. The van der Waals surface area contributed by atoms with Crippen LogP contribution in [0.3, 0.4) is 0 Å². The third-order valence-corrected chi connectivity index (χ3v) is 6.80. The summed E-state index contributed by atoms with van der Waals surface area (Å²) in [5.74, 6) is -1.12. The van der Waals surface area contributed by atoms with Crippen molar-refractivity contribution in [1.29, 1.82) is 0 Å². The first-order valence-corrected chi connectivity index (χ1v) is 10.4. The van der Waals surface area contributed by atoms with Crippen LogP contribution in [0, 0.1) is 0 Å². The molecular weight excluding hydrogens is 360 g/mol. The molecule has 25 heavy (non-hydrogen) atoms. The van der Waals surface area contributed by atoms with Gasteiger partial charge in [0.15, 0.2) is 0 Å². The number of carboxylic acid groups (broad SMARTS) is 1. The standard InChI is InChI=1S/C17H20N2O4S2/c20-17(21)16-10-14(12-24-16)25(22,23)18-11-15(19-8-4-5-9-19)13-6-2-1-3-7-13/h1-3,6-7,10,12,15,18H,4-5,8-9,11H2,(H,20,21)/t15-/m1/s1. The lowest BCUT2D eigenvalue weighted by molar-refractivity contribution is 0.0702. The fourth-order valence-electron chi connectivity index (χ4n) is 3.03. The number of aromatic carboxylic acids is 1. The Morgan fingerprint density at radius 3 is 2.52 bits per heavy atom. The van der Waals surface area contributed by atoms with E-state index in [1.165, 1.54) is 11.4 Å². The number of thiophene rings is 1.